The third-order valence-electron chi connectivity index (χ3n) is 7.46. The first kappa shape index (κ1) is 30.7. The third-order valence-corrected chi connectivity index (χ3v) is 7.46. The van der Waals surface area contributed by atoms with Gasteiger partial charge in [-0.2, -0.15) is 0 Å². The van der Waals surface area contributed by atoms with Gasteiger partial charge in [0.1, 0.15) is 0 Å². The second-order valence-corrected chi connectivity index (χ2v) is 10.5. The number of nitrogens with zero attached hydrogens (tertiary/aromatic N) is 3. The van der Waals surface area contributed by atoms with Crippen LogP contribution in [0.5, 0.6) is 0 Å². The van der Waals surface area contributed by atoms with Crippen LogP contribution in [0.2, 0.25) is 0 Å². The van der Waals surface area contributed by atoms with E-state index in [1.807, 2.05) is 0 Å². The molecule has 1 aliphatic heterocycles. The molecule has 1 saturated heterocycles. The van der Waals surface area contributed by atoms with Crippen LogP contribution in [0.1, 0.15) is 69.5 Å². The molecule has 0 radical (unpaired) electrons. The van der Waals surface area contributed by atoms with Crippen molar-refractivity contribution < 1.29 is 14.2 Å². The first-order valence-corrected chi connectivity index (χ1v) is 14.8. The average molecular weight is 526 g/mol. The Balaban J connectivity index is 2.03. The molecule has 0 N–H and O–H groups in total. The lowest BCUT2D eigenvalue weighted by molar-refractivity contribution is -0.0706. The molecule has 0 bridgehead atoms. The molecule has 0 spiro atoms. The predicted molar refractivity (Wildman–Crippen MR) is 157 cm³/mol. The summed E-state index contributed by atoms with van der Waals surface area (Å²) in [5.74, 6) is 0. The molecule has 0 unspecified atom stereocenters. The van der Waals surface area contributed by atoms with Gasteiger partial charge in [0.2, 0.25) is 0 Å². The van der Waals surface area contributed by atoms with Gasteiger partial charge in [0.05, 0.1) is 31.1 Å². The standard InChI is InChI=1S/C32H51N3O3/c1-8-27-13-12-14-28(9-2)32(27)31-19-29(22-34(15-17-36-10-3)16-18-37-11-4)30(26(7)33-31)23-35-20-24(5)38-25(6)21-35/h12-14,19,24-25H,8-11,15-18,20-23H2,1-7H3/t24-,25-/m1/s1. The molecule has 6 heteroatoms. The van der Waals surface area contributed by atoms with Crippen LogP contribution in [0.3, 0.4) is 0 Å². The molecule has 3 rings (SSSR count). The minimum atomic E-state index is 0.243. The predicted octanol–water partition coefficient (Wildman–Crippen LogP) is 5.67. The summed E-state index contributed by atoms with van der Waals surface area (Å²) < 4.78 is 17.5. The smallest absolute Gasteiger partial charge is 0.0714 e. The highest BCUT2D eigenvalue weighted by atomic mass is 16.5. The van der Waals surface area contributed by atoms with E-state index < -0.39 is 0 Å². The van der Waals surface area contributed by atoms with Crippen molar-refractivity contribution in [1.29, 1.82) is 0 Å². The van der Waals surface area contributed by atoms with E-state index in [2.05, 4.69) is 82.5 Å². The maximum Gasteiger partial charge on any atom is 0.0714 e. The maximum absolute atomic E-state index is 6.02. The monoisotopic (exact) mass is 525 g/mol. The Bertz CT molecular complexity index is 954. The van der Waals surface area contributed by atoms with Gasteiger partial charge in [0.15, 0.2) is 0 Å². The summed E-state index contributed by atoms with van der Waals surface area (Å²) in [4.78, 5) is 10.3. The molecule has 0 saturated carbocycles. The van der Waals surface area contributed by atoms with E-state index in [0.29, 0.717) is 0 Å². The normalized spacial score (nSPS) is 18.4. The molecule has 38 heavy (non-hydrogen) atoms. The summed E-state index contributed by atoms with van der Waals surface area (Å²) in [6, 6.07) is 9.07. The molecule has 212 valence electrons. The van der Waals surface area contributed by atoms with Crippen molar-refractivity contribution >= 4 is 0 Å². The lowest BCUT2D eigenvalue weighted by Gasteiger charge is -2.36. The zero-order chi connectivity index (χ0) is 27.5. The molecule has 0 aliphatic carbocycles. The molecule has 2 atom stereocenters. The molecule has 6 nitrogen and oxygen atoms in total. The number of hydrogen-bond donors (Lipinski definition) is 0. The van der Waals surface area contributed by atoms with Crippen LogP contribution in [-0.2, 0) is 40.1 Å². The number of aromatic nitrogens is 1. The first-order chi connectivity index (χ1) is 18.4. The van der Waals surface area contributed by atoms with Crippen molar-refractivity contribution in [2.75, 3.05) is 52.6 Å². The quantitative estimate of drug-likeness (QED) is 0.280. The van der Waals surface area contributed by atoms with Gasteiger partial charge in [-0.15, -0.1) is 0 Å². The van der Waals surface area contributed by atoms with E-state index in [1.165, 1.54) is 27.8 Å². The van der Waals surface area contributed by atoms with Crippen LogP contribution < -0.4 is 0 Å². The number of hydrogen-bond acceptors (Lipinski definition) is 6. The Kier molecular flexibility index (Phi) is 12.7. The Morgan fingerprint density at radius 2 is 1.50 bits per heavy atom. The average Bonchev–Trinajstić information content (AvgIpc) is 2.89. The third kappa shape index (κ3) is 8.59. The van der Waals surface area contributed by atoms with Gasteiger partial charge in [-0.1, -0.05) is 32.0 Å². The summed E-state index contributed by atoms with van der Waals surface area (Å²) in [6.45, 7) is 23.5. The van der Waals surface area contributed by atoms with Crippen LogP contribution >= 0.6 is 0 Å². The van der Waals surface area contributed by atoms with Crippen molar-refractivity contribution in [3.05, 3.63) is 52.2 Å². The number of ether oxygens (including phenoxy) is 3. The van der Waals surface area contributed by atoms with E-state index in [0.717, 1.165) is 89.9 Å². The van der Waals surface area contributed by atoms with Gasteiger partial charge in [-0.25, -0.2) is 0 Å². The minimum absolute atomic E-state index is 0.243. The number of rotatable bonds is 15. The molecule has 1 aromatic carbocycles. The van der Waals surface area contributed by atoms with Gasteiger partial charge in [-0.3, -0.25) is 14.8 Å². The summed E-state index contributed by atoms with van der Waals surface area (Å²) in [5.41, 5.74) is 9.00. The van der Waals surface area contributed by atoms with Gasteiger partial charge in [-0.05, 0) is 75.8 Å². The molecule has 1 aromatic heterocycles. The van der Waals surface area contributed by atoms with Crippen LogP contribution in [0, 0.1) is 6.92 Å². The maximum atomic E-state index is 6.02. The number of morpholine rings is 1. The summed E-state index contributed by atoms with van der Waals surface area (Å²) in [6.07, 6.45) is 2.48. The molecule has 1 aliphatic rings. The van der Waals surface area contributed by atoms with E-state index >= 15 is 0 Å². The summed E-state index contributed by atoms with van der Waals surface area (Å²) >= 11 is 0. The summed E-state index contributed by atoms with van der Waals surface area (Å²) in [7, 11) is 0. The van der Waals surface area contributed by atoms with Crippen molar-refractivity contribution in [3.8, 4) is 11.3 Å². The number of aryl methyl sites for hydroxylation is 3. The lowest BCUT2D eigenvalue weighted by atomic mass is 9.92. The molecule has 2 heterocycles. The van der Waals surface area contributed by atoms with Crippen molar-refractivity contribution in [3.63, 3.8) is 0 Å². The minimum Gasteiger partial charge on any atom is -0.380 e. The van der Waals surface area contributed by atoms with E-state index in [-0.39, 0.29) is 12.2 Å². The zero-order valence-corrected chi connectivity index (χ0v) is 25.0. The Labute approximate surface area is 231 Å². The largest absolute Gasteiger partial charge is 0.380 e. The molecule has 1 fully saturated rings. The van der Waals surface area contributed by atoms with Crippen LogP contribution in [0.4, 0.5) is 0 Å². The fraction of sp³-hybridized carbons (Fsp3) is 0.656. The highest BCUT2D eigenvalue weighted by Gasteiger charge is 2.25. The van der Waals surface area contributed by atoms with Gasteiger partial charge < -0.3 is 14.2 Å². The van der Waals surface area contributed by atoms with Gasteiger partial charge in [0.25, 0.3) is 0 Å². The number of benzene rings is 1. The second kappa shape index (κ2) is 15.7. The van der Waals surface area contributed by atoms with Gasteiger partial charge >= 0.3 is 0 Å². The highest BCUT2D eigenvalue weighted by molar-refractivity contribution is 5.69. The topological polar surface area (TPSA) is 47.1 Å². The molecular weight excluding hydrogens is 474 g/mol. The molecule has 2 aromatic rings. The Hall–Kier alpha value is -1.83. The Morgan fingerprint density at radius 3 is 2.03 bits per heavy atom. The SMILES string of the molecule is CCOCCN(CCOCC)Cc1cc(-c2c(CC)cccc2CC)nc(C)c1CN1C[C@@H](C)O[C@H](C)C1. The van der Waals surface area contributed by atoms with E-state index in [1.54, 1.807) is 0 Å². The molecule has 0 amide bonds. The fourth-order valence-corrected chi connectivity index (χ4v) is 5.65. The second-order valence-electron chi connectivity index (χ2n) is 10.5. The van der Waals surface area contributed by atoms with E-state index in [9.17, 15) is 0 Å². The zero-order valence-electron chi connectivity index (χ0n) is 25.0. The van der Waals surface area contributed by atoms with Crippen LogP contribution in [0.25, 0.3) is 11.3 Å². The van der Waals surface area contributed by atoms with Crippen LogP contribution in [-0.4, -0.2) is 79.6 Å². The first-order valence-electron chi connectivity index (χ1n) is 14.8. The lowest BCUT2D eigenvalue weighted by Crippen LogP contribution is -2.45. The van der Waals surface area contributed by atoms with Crippen molar-refractivity contribution in [2.45, 2.75) is 86.6 Å². The highest BCUT2D eigenvalue weighted by Crippen LogP contribution is 2.31. The van der Waals surface area contributed by atoms with Gasteiger partial charge in [0, 0.05) is 63.7 Å². The van der Waals surface area contributed by atoms with E-state index in [4.69, 9.17) is 19.2 Å². The van der Waals surface area contributed by atoms with Crippen molar-refractivity contribution in [2.24, 2.45) is 0 Å². The van der Waals surface area contributed by atoms with Crippen LogP contribution in [0.15, 0.2) is 24.3 Å². The fourth-order valence-electron chi connectivity index (χ4n) is 5.65. The summed E-state index contributed by atoms with van der Waals surface area (Å²) in [5, 5.41) is 0. The number of pyridine rings is 1. The molecular formula is C32H51N3O3. The van der Waals surface area contributed by atoms with Crippen molar-refractivity contribution in [1.82, 2.24) is 14.8 Å². The Morgan fingerprint density at radius 1 is 0.921 bits per heavy atom.